The second-order valence-electron chi connectivity index (χ2n) is 7.27. The summed E-state index contributed by atoms with van der Waals surface area (Å²) in [5, 5.41) is 12.4. The zero-order valence-electron chi connectivity index (χ0n) is 16.6. The number of nitrogens with zero attached hydrogens (tertiary/aromatic N) is 2. The molecule has 0 radical (unpaired) electrons. The molecule has 2 aromatic rings. The summed E-state index contributed by atoms with van der Waals surface area (Å²) in [5.74, 6) is -1.12. The van der Waals surface area contributed by atoms with Crippen LogP contribution in [0.4, 0.5) is 17.1 Å². The highest BCUT2D eigenvalue weighted by molar-refractivity contribution is 5.98. The molecule has 0 bridgehead atoms. The van der Waals surface area contributed by atoms with E-state index in [1.54, 1.807) is 25.1 Å². The molecule has 0 saturated carbocycles. The number of nitrogens with one attached hydrogen (secondary N) is 1. The predicted molar refractivity (Wildman–Crippen MR) is 113 cm³/mol. The van der Waals surface area contributed by atoms with Gasteiger partial charge in [-0.1, -0.05) is 19.1 Å². The third-order valence-electron chi connectivity index (χ3n) is 5.13. The fraction of sp³-hybridized carbons (Fsp3) is 0.364. The zero-order chi connectivity index (χ0) is 20.3. The van der Waals surface area contributed by atoms with Crippen molar-refractivity contribution in [3.8, 4) is 0 Å². The number of carbonyl (C=O) groups is 2. The fourth-order valence-electron chi connectivity index (χ4n) is 3.68. The maximum absolute atomic E-state index is 11.8. The van der Waals surface area contributed by atoms with Crippen LogP contribution in [0, 0.1) is 6.92 Å². The number of hydrogen-bond acceptors (Lipinski definition) is 4. The van der Waals surface area contributed by atoms with E-state index in [0.717, 1.165) is 19.6 Å². The Morgan fingerprint density at radius 1 is 1.18 bits per heavy atom. The number of anilines is 3. The molecule has 28 heavy (non-hydrogen) atoms. The SMILES string of the molecule is CCC(=O)Nc1ccc(N2CCN(c3cccc(C)c3)[C@@H](C)C2)c(C(=O)O)c1. The van der Waals surface area contributed by atoms with Crippen molar-refractivity contribution in [1.82, 2.24) is 0 Å². The molecular weight excluding hydrogens is 354 g/mol. The summed E-state index contributed by atoms with van der Waals surface area (Å²) in [7, 11) is 0. The van der Waals surface area contributed by atoms with E-state index in [2.05, 4.69) is 53.2 Å². The smallest absolute Gasteiger partial charge is 0.337 e. The molecule has 0 spiro atoms. The van der Waals surface area contributed by atoms with Crippen molar-refractivity contribution in [1.29, 1.82) is 0 Å². The third kappa shape index (κ3) is 4.27. The van der Waals surface area contributed by atoms with E-state index < -0.39 is 5.97 Å². The van der Waals surface area contributed by atoms with Crippen LogP contribution < -0.4 is 15.1 Å². The van der Waals surface area contributed by atoms with Gasteiger partial charge in [0.15, 0.2) is 0 Å². The Balaban J connectivity index is 1.80. The van der Waals surface area contributed by atoms with E-state index in [0.29, 0.717) is 17.8 Å². The number of piperazine rings is 1. The molecule has 2 aromatic carbocycles. The number of carbonyl (C=O) groups excluding carboxylic acids is 1. The van der Waals surface area contributed by atoms with Gasteiger partial charge in [0.25, 0.3) is 0 Å². The van der Waals surface area contributed by atoms with E-state index >= 15 is 0 Å². The molecule has 0 aromatic heterocycles. The molecule has 1 saturated heterocycles. The van der Waals surface area contributed by atoms with Gasteiger partial charge < -0.3 is 20.2 Å². The van der Waals surface area contributed by atoms with E-state index in [1.807, 2.05) is 0 Å². The van der Waals surface area contributed by atoms with E-state index in [9.17, 15) is 14.7 Å². The minimum absolute atomic E-state index is 0.135. The van der Waals surface area contributed by atoms with Gasteiger partial charge in [-0.05, 0) is 49.7 Å². The number of aryl methyl sites for hydroxylation is 1. The Bertz CT molecular complexity index is 881. The summed E-state index contributed by atoms with van der Waals surface area (Å²) in [6.07, 6.45) is 0.350. The van der Waals surface area contributed by atoms with Crippen molar-refractivity contribution in [2.75, 3.05) is 34.8 Å². The molecule has 0 unspecified atom stereocenters. The summed E-state index contributed by atoms with van der Waals surface area (Å²) >= 11 is 0. The van der Waals surface area contributed by atoms with Crippen LogP contribution >= 0.6 is 0 Å². The van der Waals surface area contributed by atoms with E-state index in [4.69, 9.17) is 0 Å². The predicted octanol–water partition coefficient (Wildman–Crippen LogP) is 3.76. The molecule has 1 atom stereocenters. The molecule has 3 rings (SSSR count). The number of aromatic carboxylic acids is 1. The summed E-state index contributed by atoms with van der Waals surface area (Å²) in [4.78, 5) is 27.9. The van der Waals surface area contributed by atoms with Crippen LogP contribution in [-0.2, 0) is 4.79 Å². The van der Waals surface area contributed by atoms with Gasteiger partial charge in [0.05, 0.1) is 11.3 Å². The summed E-state index contributed by atoms with van der Waals surface area (Å²) in [6.45, 7) is 8.29. The number of benzene rings is 2. The molecular formula is C22H27N3O3. The van der Waals surface area contributed by atoms with Crippen molar-refractivity contribution in [2.24, 2.45) is 0 Å². The zero-order valence-corrected chi connectivity index (χ0v) is 16.6. The number of carboxylic acids is 1. The van der Waals surface area contributed by atoms with E-state index in [-0.39, 0.29) is 17.5 Å². The lowest BCUT2D eigenvalue weighted by atomic mass is 10.1. The topological polar surface area (TPSA) is 72.9 Å². The number of hydrogen-bond donors (Lipinski definition) is 2. The lowest BCUT2D eigenvalue weighted by molar-refractivity contribution is -0.115. The van der Waals surface area contributed by atoms with Crippen LogP contribution in [0.5, 0.6) is 0 Å². The Hall–Kier alpha value is -3.02. The molecule has 1 fully saturated rings. The van der Waals surface area contributed by atoms with Gasteiger partial charge in [-0.15, -0.1) is 0 Å². The molecule has 1 heterocycles. The monoisotopic (exact) mass is 381 g/mol. The maximum Gasteiger partial charge on any atom is 0.337 e. The first-order valence-corrected chi connectivity index (χ1v) is 9.64. The van der Waals surface area contributed by atoms with E-state index in [1.165, 1.54) is 11.3 Å². The van der Waals surface area contributed by atoms with Crippen LogP contribution in [0.3, 0.4) is 0 Å². The second kappa shape index (κ2) is 8.33. The number of rotatable bonds is 5. The highest BCUT2D eigenvalue weighted by Crippen LogP contribution is 2.29. The average molecular weight is 381 g/mol. The first-order valence-electron chi connectivity index (χ1n) is 9.64. The highest BCUT2D eigenvalue weighted by Gasteiger charge is 2.26. The standard InChI is InChI=1S/C22H27N3O3/c1-4-21(26)23-17-8-9-20(19(13-17)22(27)28)24-10-11-25(16(3)14-24)18-7-5-6-15(2)12-18/h5-9,12-13,16H,4,10-11,14H2,1-3H3,(H,23,26)(H,27,28)/t16-/m0/s1. The lowest BCUT2D eigenvalue weighted by Gasteiger charge is -2.42. The van der Waals surface area contributed by atoms with Crippen molar-refractivity contribution in [3.63, 3.8) is 0 Å². The Kier molecular flexibility index (Phi) is 5.87. The largest absolute Gasteiger partial charge is 0.478 e. The third-order valence-corrected chi connectivity index (χ3v) is 5.13. The van der Waals surface area contributed by atoms with Crippen molar-refractivity contribution in [2.45, 2.75) is 33.2 Å². The van der Waals surface area contributed by atoms with Crippen LogP contribution in [-0.4, -0.2) is 42.7 Å². The molecule has 0 aliphatic carbocycles. The van der Waals surface area contributed by atoms with Crippen LogP contribution in [0.2, 0.25) is 0 Å². The first kappa shape index (κ1) is 19.7. The molecule has 148 valence electrons. The second-order valence-corrected chi connectivity index (χ2v) is 7.27. The fourth-order valence-corrected chi connectivity index (χ4v) is 3.68. The van der Waals surface area contributed by atoms with Crippen molar-refractivity contribution < 1.29 is 14.7 Å². The van der Waals surface area contributed by atoms with Gasteiger partial charge >= 0.3 is 5.97 Å². The van der Waals surface area contributed by atoms with Crippen LogP contribution in [0.1, 0.15) is 36.2 Å². The maximum atomic E-state index is 11.8. The molecule has 6 nitrogen and oxygen atoms in total. The number of amides is 1. The normalized spacial score (nSPS) is 16.8. The molecule has 1 amide bonds. The Morgan fingerprint density at radius 2 is 1.96 bits per heavy atom. The van der Waals surface area contributed by atoms with Gasteiger partial charge in [-0.2, -0.15) is 0 Å². The molecule has 1 aliphatic rings. The quantitative estimate of drug-likeness (QED) is 0.825. The van der Waals surface area contributed by atoms with Crippen molar-refractivity contribution >= 4 is 28.9 Å². The van der Waals surface area contributed by atoms with Crippen LogP contribution in [0.25, 0.3) is 0 Å². The van der Waals surface area contributed by atoms with Gasteiger partial charge in [0.2, 0.25) is 5.91 Å². The van der Waals surface area contributed by atoms with Gasteiger partial charge in [-0.25, -0.2) is 4.79 Å². The molecule has 1 aliphatic heterocycles. The molecule has 2 N–H and O–H groups in total. The number of carboxylic acid groups (broad SMARTS) is 1. The van der Waals surface area contributed by atoms with Crippen molar-refractivity contribution in [3.05, 3.63) is 53.6 Å². The van der Waals surface area contributed by atoms with Gasteiger partial charge in [0, 0.05) is 43.5 Å². The Morgan fingerprint density at radius 3 is 2.61 bits per heavy atom. The minimum Gasteiger partial charge on any atom is -0.478 e. The molecule has 6 heteroatoms. The Labute approximate surface area is 165 Å². The van der Waals surface area contributed by atoms with Gasteiger partial charge in [0.1, 0.15) is 0 Å². The van der Waals surface area contributed by atoms with Gasteiger partial charge in [-0.3, -0.25) is 4.79 Å². The first-order chi connectivity index (χ1) is 13.4. The minimum atomic E-state index is -0.989. The summed E-state index contributed by atoms with van der Waals surface area (Å²) in [5.41, 5.74) is 3.84. The summed E-state index contributed by atoms with van der Waals surface area (Å²) in [6, 6.07) is 13.8. The average Bonchev–Trinajstić information content (AvgIpc) is 2.67. The highest BCUT2D eigenvalue weighted by atomic mass is 16.4. The lowest BCUT2D eigenvalue weighted by Crippen LogP contribution is -2.52. The summed E-state index contributed by atoms with van der Waals surface area (Å²) < 4.78 is 0. The van der Waals surface area contributed by atoms with Crippen LogP contribution in [0.15, 0.2) is 42.5 Å².